The minimum atomic E-state index is -4.31. The average Bonchev–Trinajstić information content (AvgIpc) is 3.61. The molecule has 2 fully saturated rings. The van der Waals surface area contributed by atoms with Crippen molar-refractivity contribution in [3.05, 3.63) is 92.8 Å². The van der Waals surface area contributed by atoms with Crippen LogP contribution in [0.4, 0.5) is 11.4 Å². The molecule has 2 aliphatic heterocycles. The largest absolute Gasteiger partial charge is 0.506 e. The first-order valence-corrected chi connectivity index (χ1v) is 19.8. The minimum absolute atomic E-state index is 0.0985. The van der Waals surface area contributed by atoms with Crippen LogP contribution in [0, 0.1) is 15.5 Å². The highest BCUT2D eigenvalue weighted by Crippen LogP contribution is 2.45. The first kappa shape index (κ1) is 37.3. The molecule has 5 N–H and O–H groups in total. The Kier molecular flexibility index (Phi) is 10.3. The Morgan fingerprint density at radius 3 is 2.62 bits per heavy atom. The molecular formula is C38H46ClN7O6S. The molecule has 282 valence electrons. The Morgan fingerprint density at radius 2 is 1.89 bits per heavy atom. The van der Waals surface area contributed by atoms with Crippen molar-refractivity contribution >= 4 is 49.6 Å². The van der Waals surface area contributed by atoms with Crippen LogP contribution < -0.4 is 11.1 Å². The van der Waals surface area contributed by atoms with E-state index in [1.807, 2.05) is 12.1 Å². The van der Waals surface area contributed by atoms with Gasteiger partial charge in [-0.05, 0) is 79.0 Å². The molecule has 4 aromatic rings. The molecule has 0 bridgehead atoms. The normalized spacial score (nSPS) is 21.2. The number of nitrogens with two attached hydrogens (primary N) is 1. The third kappa shape index (κ3) is 7.80. The van der Waals surface area contributed by atoms with E-state index in [1.165, 1.54) is 33.8 Å². The van der Waals surface area contributed by atoms with Crippen LogP contribution in [-0.2, 0) is 14.8 Å². The van der Waals surface area contributed by atoms with Crippen LogP contribution >= 0.6 is 11.6 Å². The van der Waals surface area contributed by atoms with Gasteiger partial charge in [-0.1, -0.05) is 43.2 Å². The Morgan fingerprint density at radius 1 is 1.13 bits per heavy atom. The van der Waals surface area contributed by atoms with Crippen LogP contribution in [0.5, 0.6) is 5.75 Å². The zero-order valence-corrected chi connectivity index (χ0v) is 31.5. The Balaban J connectivity index is 1.23. The van der Waals surface area contributed by atoms with Gasteiger partial charge in [0.2, 0.25) is 10.0 Å². The highest BCUT2D eigenvalue weighted by Gasteiger charge is 2.41. The van der Waals surface area contributed by atoms with Gasteiger partial charge in [-0.2, -0.15) is 4.31 Å². The first-order valence-electron chi connectivity index (χ1n) is 18.0. The molecular weight excluding hydrogens is 718 g/mol. The molecule has 1 aliphatic carbocycles. The summed E-state index contributed by atoms with van der Waals surface area (Å²) in [5.41, 5.74) is 10.5. The Bertz CT molecular complexity index is 2150. The molecule has 15 heteroatoms. The van der Waals surface area contributed by atoms with Crippen LogP contribution in [-0.4, -0.2) is 89.1 Å². The third-order valence-corrected chi connectivity index (χ3v) is 13.2. The van der Waals surface area contributed by atoms with Gasteiger partial charge in [-0.25, -0.2) is 13.4 Å². The number of nitrogens with one attached hydrogen (secondary N) is 2. The fraction of sp³-hybridized carbons (Fsp3) is 0.447. The number of nitro groups is 1. The number of nitrogens with zero attached hydrogens (tertiary/aromatic N) is 4. The van der Waals surface area contributed by atoms with Gasteiger partial charge in [0.1, 0.15) is 17.1 Å². The summed E-state index contributed by atoms with van der Waals surface area (Å²) in [6.07, 6.45) is 7.06. The van der Waals surface area contributed by atoms with Gasteiger partial charge in [-0.3, -0.25) is 15.0 Å². The maximum Gasteiger partial charge on any atom is 0.293 e. The number of aromatic amines is 1. The highest BCUT2D eigenvalue weighted by molar-refractivity contribution is 7.89. The van der Waals surface area contributed by atoms with Gasteiger partial charge in [-0.15, -0.1) is 0 Å². The Hall–Kier alpha value is -4.05. The lowest BCUT2D eigenvalue weighted by Gasteiger charge is -2.42. The number of benzene rings is 2. The van der Waals surface area contributed by atoms with Crippen molar-refractivity contribution in [2.24, 2.45) is 11.1 Å². The molecule has 2 aromatic heterocycles. The van der Waals surface area contributed by atoms with Crippen LogP contribution in [0.15, 0.2) is 71.4 Å². The summed E-state index contributed by atoms with van der Waals surface area (Å²) in [5, 5.41) is 28.0. The number of hydrogen-bond acceptors (Lipinski definition) is 10. The van der Waals surface area contributed by atoms with Crippen molar-refractivity contribution in [3.63, 3.8) is 0 Å². The lowest BCUT2D eigenvalue weighted by atomic mass is 9.72. The fourth-order valence-electron chi connectivity index (χ4n) is 7.93. The maximum atomic E-state index is 14.6. The number of aromatic nitrogens is 2. The highest BCUT2D eigenvalue weighted by atomic mass is 35.5. The number of pyridine rings is 1. The number of sulfonamides is 1. The van der Waals surface area contributed by atoms with E-state index in [1.54, 1.807) is 12.3 Å². The number of hydrogen-bond donors (Lipinski definition) is 4. The number of halogens is 1. The Labute approximate surface area is 314 Å². The molecule has 0 saturated carbocycles. The number of allylic oxidation sites excluding steroid dienone is 1. The monoisotopic (exact) mass is 763 g/mol. The molecule has 0 spiro atoms. The van der Waals surface area contributed by atoms with Gasteiger partial charge in [0.15, 0.2) is 0 Å². The molecule has 7 rings (SSSR count). The van der Waals surface area contributed by atoms with Gasteiger partial charge >= 0.3 is 0 Å². The van der Waals surface area contributed by atoms with Crippen molar-refractivity contribution in [1.82, 2.24) is 19.2 Å². The van der Waals surface area contributed by atoms with Gasteiger partial charge in [0.25, 0.3) is 5.69 Å². The molecule has 1 atom stereocenters. The van der Waals surface area contributed by atoms with Gasteiger partial charge in [0, 0.05) is 79.7 Å². The zero-order valence-electron chi connectivity index (χ0n) is 30.0. The fourth-order valence-corrected chi connectivity index (χ4v) is 9.65. The van der Waals surface area contributed by atoms with Crippen molar-refractivity contribution < 1.29 is 23.2 Å². The second kappa shape index (κ2) is 14.6. The standard InChI is InChI=1S/C38H46ClN7O6S/c1-37(2)11-9-26(30(20-37)25-3-5-27(39)6-4-25)22-44-15-16-45(33(23-44)35-29-10-14-41-36(29)42-21-34(35)47)53(50,51)28-7-8-31(32(19-28)46(48)49)43-24-38(40)12-17-52-18-13-38/h3-8,10,14,19,21,33,43,47H,9,11-13,15-18,20,22-24,40H2,1-2H3,(H,41,42). The lowest BCUT2D eigenvalue weighted by molar-refractivity contribution is -0.384. The number of fused-ring (bicyclic) bond motifs is 1. The zero-order chi connectivity index (χ0) is 37.5. The summed E-state index contributed by atoms with van der Waals surface area (Å²) in [6.45, 7) is 7.27. The lowest BCUT2D eigenvalue weighted by Crippen LogP contribution is -2.51. The van der Waals surface area contributed by atoms with E-state index in [0.29, 0.717) is 60.8 Å². The SMILES string of the molecule is CC1(C)CCC(CN2CCN(S(=O)(=O)c3ccc(NCC4(N)CCOCC4)c([N+](=O)[O-])c3)C(c3c(O)cnc4[nH]ccc34)C2)=C(c2ccc(Cl)cc2)C1. The van der Waals surface area contributed by atoms with E-state index >= 15 is 0 Å². The van der Waals surface area contributed by atoms with Crippen LogP contribution in [0.2, 0.25) is 5.02 Å². The summed E-state index contributed by atoms with van der Waals surface area (Å²) < 4.78 is 36.1. The summed E-state index contributed by atoms with van der Waals surface area (Å²) >= 11 is 6.24. The molecule has 1 unspecified atom stereocenters. The topological polar surface area (TPSA) is 180 Å². The number of aromatic hydroxyl groups is 1. The summed E-state index contributed by atoms with van der Waals surface area (Å²) in [6, 6.07) is 12.8. The van der Waals surface area contributed by atoms with E-state index in [2.05, 4.69) is 46.2 Å². The summed E-state index contributed by atoms with van der Waals surface area (Å²) in [4.78, 5) is 21.2. The number of ether oxygens (including phenoxy) is 1. The molecule has 4 heterocycles. The van der Waals surface area contributed by atoms with Crippen LogP contribution in [0.3, 0.4) is 0 Å². The predicted octanol–water partition coefficient (Wildman–Crippen LogP) is 6.46. The predicted molar refractivity (Wildman–Crippen MR) is 205 cm³/mol. The molecule has 3 aliphatic rings. The smallest absolute Gasteiger partial charge is 0.293 e. The number of rotatable bonds is 10. The molecule has 53 heavy (non-hydrogen) atoms. The minimum Gasteiger partial charge on any atom is -0.506 e. The van der Waals surface area contributed by atoms with E-state index < -0.39 is 26.5 Å². The van der Waals surface area contributed by atoms with E-state index in [-0.39, 0.29) is 47.1 Å². The van der Waals surface area contributed by atoms with Crippen LogP contribution in [0.25, 0.3) is 16.6 Å². The van der Waals surface area contributed by atoms with Crippen molar-refractivity contribution in [3.8, 4) is 5.75 Å². The van der Waals surface area contributed by atoms with Gasteiger partial charge < -0.3 is 25.9 Å². The number of H-pyrrole nitrogens is 1. The maximum absolute atomic E-state index is 14.6. The second-order valence-corrected chi connectivity index (χ2v) is 17.7. The molecule has 0 radical (unpaired) electrons. The molecule has 2 saturated heterocycles. The van der Waals surface area contributed by atoms with E-state index in [0.717, 1.165) is 30.9 Å². The van der Waals surface area contributed by atoms with E-state index in [9.17, 15) is 23.6 Å². The quantitative estimate of drug-likeness (QED) is 0.103. The van der Waals surface area contributed by atoms with Crippen LogP contribution in [0.1, 0.15) is 63.1 Å². The third-order valence-electron chi connectivity index (χ3n) is 11.0. The number of piperazine rings is 1. The summed E-state index contributed by atoms with van der Waals surface area (Å²) in [5.74, 6) is -0.126. The number of nitro benzene ring substituents is 1. The van der Waals surface area contributed by atoms with Gasteiger partial charge in [0.05, 0.1) is 22.1 Å². The first-order chi connectivity index (χ1) is 25.2. The number of anilines is 1. The summed E-state index contributed by atoms with van der Waals surface area (Å²) in [7, 11) is -4.31. The molecule has 0 amide bonds. The second-order valence-electron chi connectivity index (χ2n) is 15.4. The average molecular weight is 764 g/mol. The van der Waals surface area contributed by atoms with E-state index in [4.69, 9.17) is 22.1 Å². The molecule has 13 nitrogen and oxygen atoms in total. The van der Waals surface area contributed by atoms with Crippen molar-refractivity contribution in [1.29, 1.82) is 0 Å². The van der Waals surface area contributed by atoms with Crippen molar-refractivity contribution in [2.75, 3.05) is 51.3 Å². The van der Waals surface area contributed by atoms with Crippen molar-refractivity contribution in [2.45, 2.75) is 62.4 Å². The molecule has 2 aromatic carbocycles.